The zero-order valence-corrected chi connectivity index (χ0v) is 10.2. The first-order valence-corrected chi connectivity index (χ1v) is 5.40. The molecule has 0 radical (unpaired) electrons. The molecule has 2 nitrogen and oxygen atoms in total. The number of anilines is 1. The lowest BCUT2D eigenvalue weighted by molar-refractivity contribution is -0.115. The minimum absolute atomic E-state index is 0.0395. The number of benzene rings is 1. The lowest BCUT2D eigenvalue weighted by Gasteiger charge is -2.10. The van der Waals surface area contributed by atoms with Crippen molar-refractivity contribution in [3.8, 4) is 0 Å². The zero-order valence-electron chi connectivity index (χ0n) is 8.65. The number of aryl methyl sites for hydroxylation is 2. The molecule has 0 aliphatic rings. The van der Waals surface area contributed by atoms with Crippen LogP contribution in [0, 0.1) is 13.8 Å². The molecule has 1 aromatic rings. The molecule has 0 heterocycles. The molecule has 0 fully saturated rings. The number of halogens is 1. The first kappa shape index (κ1) is 11.2. The van der Waals surface area contributed by atoms with Crippen molar-refractivity contribution in [3.63, 3.8) is 0 Å². The Morgan fingerprint density at radius 1 is 1.43 bits per heavy atom. The predicted octanol–water partition coefficient (Wildman–Crippen LogP) is 3.41. The van der Waals surface area contributed by atoms with E-state index in [4.69, 9.17) is 0 Å². The highest BCUT2D eigenvalue weighted by molar-refractivity contribution is 9.10. The monoisotopic (exact) mass is 255 g/mol. The summed E-state index contributed by atoms with van der Waals surface area (Å²) in [6, 6.07) is 4.05. The highest BCUT2D eigenvalue weighted by Crippen LogP contribution is 2.27. The molecule has 0 spiro atoms. The maximum absolute atomic E-state index is 11.2. The van der Waals surface area contributed by atoms with Gasteiger partial charge in [-0.05, 0) is 47.0 Å². The molecule has 0 aliphatic carbocycles. The van der Waals surface area contributed by atoms with E-state index in [0.717, 1.165) is 15.7 Å². The first-order valence-electron chi connectivity index (χ1n) is 4.61. The average Bonchev–Trinajstić information content (AvgIpc) is 2.10. The molecule has 0 unspecified atom stereocenters. The van der Waals surface area contributed by atoms with Gasteiger partial charge in [-0.3, -0.25) is 4.79 Å². The van der Waals surface area contributed by atoms with Crippen LogP contribution in [-0.4, -0.2) is 5.91 Å². The van der Waals surface area contributed by atoms with Crippen molar-refractivity contribution >= 4 is 27.5 Å². The molecule has 0 aliphatic heterocycles. The summed E-state index contributed by atoms with van der Waals surface area (Å²) in [6.07, 6.45) is 0.500. The third-order valence-corrected chi connectivity index (χ3v) is 2.64. The van der Waals surface area contributed by atoms with Gasteiger partial charge in [-0.15, -0.1) is 0 Å². The Balaban J connectivity index is 3.02. The van der Waals surface area contributed by atoms with Gasteiger partial charge >= 0.3 is 0 Å². The fourth-order valence-corrected chi connectivity index (χ4v) is 2.07. The van der Waals surface area contributed by atoms with E-state index in [-0.39, 0.29) is 5.91 Å². The molecule has 14 heavy (non-hydrogen) atoms. The third kappa shape index (κ3) is 2.58. The van der Waals surface area contributed by atoms with Crippen LogP contribution in [0.3, 0.4) is 0 Å². The summed E-state index contributed by atoms with van der Waals surface area (Å²) in [5.74, 6) is 0.0395. The van der Waals surface area contributed by atoms with Crippen LogP contribution in [-0.2, 0) is 4.79 Å². The second-order valence-electron chi connectivity index (χ2n) is 3.34. The third-order valence-electron chi connectivity index (χ3n) is 2.02. The molecule has 0 atom stereocenters. The van der Waals surface area contributed by atoms with Crippen molar-refractivity contribution in [1.29, 1.82) is 0 Å². The normalized spacial score (nSPS) is 10.0. The van der Waals surface area contributed by atoms with E-state index in [1.165, 1.54) is 5.56 Å². The number of nitrogens with one attached hydrogen (secondary N) is 1. The van der Waals surface area contributed by atoms with E-state index >= 15 is 0 Å². The van der Waals surface area contributed by atoms with Gasteiger partial charge < -0.3 is 5.32 Å². The number of rotatable bonds is 2. The van der Waals surface area contributed by atoms with Crippen molar-refractivity contribution in [3.05, 3.63) is 27.7 Å². The number of carbonyl (C=O) groups excluding carboxylic acids is 1. The summed E-state index contributed by atoms with van der Waals surface area (Å²) in [5.41, 5.74) is 3.14. The van der Waals surface area contributed by atoms with Crippen LogP contribution in [0.4, 0.5) is 5.69 Å². The maximum Gasteiger partial charge on any atom is 0.224 e. The Bertz CT molecular complexity index is 337. The van der Waals surface area contributed by atoms with Crippen molar-refractivity contribution in [2.45, 2.75) is 27.2 Å². The largest absolute Gasteiger partial charge is 0.325 e. The number of hydrogen-bond acceptors (Lipinski definition) is 1. The highest BCUT2D eigenvalue weighted by atomic mass is 79.9. The Kier molecular flexibility index (Phi) is 3.69. The minimum Gasteiger partial charge on any atom is -0.325 e. The van der Waals surface area contributed by atoms with E-state index in [2.05, 4.69) is 27.3 Å². The Labute approximate surface area is 92.8 Å². The quantitative estimate of drug-likeness (QED) is 0.863. The van der Waals surface area contributed by atoms with Crippen LogP contribution in [0.5, 0.6) is 0 Å². The van der Waals surface area contributed by atoms with Gasteiger partial charge in [0.25, 0.3) is 0 Å². The molecule has 0 bridgehead atoms. The van der Waals surface area contributed by atoms with Gasteiger partial charge in [-0.25, -0.2) is 0 Å². The summed E-state index contributed by atoms with van der Waals surface area (Å²) in [7, 11) is 0. The summed E-state index contributed by atoms with van der Waals surface area (Å²) >= 11 is 3.44. The van der Waals surface area contributed by atoms with Gasteiger partial charge in [0, 0.05) is 10.9 Å². The van der Waals surface area contributed by atoms with Crippen molar-refractivity contribution in [1.82, 2.24) is 0 Å². The molecule has 1 amide bonds. The molecule has 0 aromatic heterocycles. The molecule has 1 aromatic carbocycles. The van der Waals surface area contributed by atoms with E-state index < -0.39 is 0 Å². The van der Waals surface area contributed by atoms with Gasteiger partial charge in [0.15, 0.2) is 0 Å². The summed E-state index contributed by atoms with van der Waals surface area (Å²) < 4.78 is 0.941. The molecule has 1 rings (SSSR count). The minimum atomic E-state index is 0.0395. The van der Waals surface area contributed by atoms with Crippen LogP contribution < -0.4 is 5.32 Å². The van der Waals surface area contributed by atoms with Crippen molar-refractivity contribution in [2.75, 3.05) is 5.32 Å². The number of amides is 1. The molecule has 3 heteroatoms. The predicted molar refractivity (Wildman–Crippen MR) is 62.5 cm³/mol. The summed E-state index contributed by atoms with van der Waals surface area (Å²) in [4.78, 5) is 11.2. The van der Waals surface area contributed by atoms with Crippen molar-refractivity contribution in [2.24, 2.45) is 0 Å². The number of carbonyl (C=O) groups is 1. The summed E-state index contributed by atoms with van der Waals surface area (Å²) in [6.45, 7) is 5.86. The van der Waals surface area contributed by atoms with Crippen LogP contribution in [0.15, 0.2) is 16.6 Å². The van der Waals surface area contributed by atoms with Crippen LogP contribution in [0.2, 0.25) is 0 Å². The molecule has 0 saturated carbocycles. The second-order valence-corrected chi connectivity index (χ2v) is 4.19. The smallest absolute Gasteiger partial charge is 0.224 e. The van der Waals surface area contributed by atoms with Gasteiger partial charge in [0.2, 0.25) is 5.91 Å². The van der Waals surface area contributed by atoms with Crippen molar-refractivity contribution < 1.29 is 4.79 Å². The highest BCUT2D eigenvalue weighted by Gasteiger charge is 2.07. The topological polar surface area (TPSA) is 29.1 Å². The molecule has 1 N–H and O–H groups in total. The van der Waals surface area contributed by atoms with E-state index in [0.29, 0.717) is 6.42 Å². The standard InChI is InChI=1S/C11H14BrNO/c1-4-10(14)13-11-8(3)5-7(2)6-9(11)12/h5-6H,4H2,1-3H3,(H,13,14). The van der Waals surface area contributed by atoms with Crippen LogP contribution in [0.1, 0.15) is 24.5 Å². The molecular weight excluding hydrogens is 242 g/mol. The molecule has 0 saturated heterocycles. The Hall–Kier alpha value is -0.830. The van der Waals surface area contributed by atoms with Gasteiger partial charge in [0.05, 0.1) is 5.69 Å². The van der Waals surface area contributed by atoms with E-state index in [9.17, 15) is 4.79 Å². The van der Waals surface area contributed by atoms with Gasteiger partial charge in [-0.2, -0.15) is 0 Å². The Morgan fingerprint density at radius 2 is 2.07 bits per heavy atom. The first-order chi connectivity index (χ1) is 6.54. The van der Waals surface area contributed by atoms with Gasteiger partial charge in [0.1, 0.15) is 0 Å². The van der Waals surface area contributed by atoms with E-state index in [1.54, 1.807) is 0 Å². The lowest BCUT2D eigenvalue weighted by atomic mass is 10.1. The maximum atomic E-state index is 11.2. The lowest BCUT2D eigenvalue weighted by Crippen LogP contribution is -2.11. The van der Waals surface area contributed by atoms with Gasteiger partial charge in [-0.1, -0.05) is 13.0 Å². The zero-order chi connectivity index (χ0) is 10.7. The Morgan fingerprint density at radius 3 is 2.57 bits per heavy atom. The fraction of sp³-hybridized carbons (Fsp3) is 0.364. The van der Waals surface area contributed by atoms with Crippen LogP contribution in [0.25, 0.3) is 0 Å². The average molecular weight is 256 g/mol. The second kappa shape index (κ2) is 4.60. The van der Waals surface area contributed by atoms with Crippen LogP contribution >= 0.6 is 15.9 Å². The molecule has 76 valence electrons. The molecular formula is C11H14BrNO. The van der Waals surface area contributed by atoms with E-state index in [1.807, 2.05) is 26.8 Å². The number of hydrogen-bond donors (Lipinski definition) is 1. The summed E-state index contributed by atoms with van der Waals surface area (Å²) in [5, 5.41) is 2.87. The SMILES string of the molecule is CCC(=O)Nc1c(C)cc(C)cc1Br. The fourth-order valence-electron chi connectivity index (χ4n) is 1.30.